The van der Waals surface area contributed by atoms with Crippen molar-refractivity contribution in [1.82, 2.24) is 10.4 Å². The Labute approximate surface area is 145 Å². The molecule has 6 heteroatoms. The number of nitrogens with one attached hydrogen (secondary N) is 1. The number of halogens is 2. The molecule has 0 atom stereocenters. The lowest BCUT2D eigenvalue weighted by Gasteiger charge is -2.35. The molecule has 0 radical (unpaired) electrons. The first kappa shape index (κ1) is 17.9. The third-order valence-electron chi connectivity index (χ3n) is 3.30. The number of hydrogen-bond acceptors (Lipinski definition) is 2. The highest BCUT2D eigenvalue weighted by molar-refractivity contribution is 6.33. The molecule has 0 aliphatic rings. The van der Waals surface area contributed by atoms with Crippen molar-refractivity contribution in [2.45, 2.75) is 26.3 Å². The van der Waals surface area contributed by atoms with Crippen LogP contribution in [-0.2, 0) is 0 Å². The molecule has 0 aromatic heterocycles. The van der Waals surface area contributed by atoms with E-state index in [2.05, 4.69) is 5.43 Å². The Balaban J connectivity index is 2.36. The molecule has 1 N–H and O–H groups in total. The molecule has 0 unspecified atom stereocenters. The highest BCUT2D eigenvalue weighted by Crippen LogP contribution is 2.23. The molecular formula is C18H18ClFN2O2. The lowest BCUT2D eigenvalue weighted by molar-refractivity contribution is 0.0355. The van der Waals surface area contributed by atoms with E-state index in [1.54, 1.807) is 51.1 Å². The largest absolute Gasteiger partial charge is 0.277 e. The van der Waals surface area contributed by atoms with Gasteiger partial charge in [-0.25, -0.2) is 9.40 Å². The summed E-state index contributed by atoms with van der Waals surface area (Å²) in [6.45, 7) is 5.18. The minimum atomic E-state index is -0.785. The summed E-state index contributed by atoms with van der Waals surface area (Å²) >= 11 is 5.97. The van der Waals surface area contributed by atoms with Crippen LogP contribution in [0.4, 0.5) is 4.39 Å². The van der Waals surface area contributed by atoms with Crippen LogP contribution in [0.1, 0.15) is 41.5 Å². The van der Waals surface area contributed by atoms with Crippen molar-refractivity contribution in [1.29, 1.82) is 0 Å². The van der Waals surface area contributed by atoms with Gasteiger partial charge in [0.25, 0.3) is 11.8 Å². The average Bonchev–Trinajstić information content (AvgIpc) is 2.51. The molecule has 126 valence electrons. The molecule has 2 aromatic rings. The predicted octanol–water partition coefficient (Wildman–Crippen LogP) is 4.06. The van der Waals surface area contributed by atoms with Crippen molar-refractivity contribution >= 4 is 23.4 Å². The average molecular weight is 349 g/mol. The summed E-state index contributed by atoms with van der Waals surface area (Å²) in [6, 6.07) is 12.4. The Kier molecular flexibility index (Phi) is 5.24. The first-order valence-corrected chi connectivity index (χ1v) is 7.74. The van der Waals surface area contributed by atoms with Crippen LogP contribution in [0.3, 0.4) is 0 Å². The molecule has 4 nitrogen and oxygen atoms in total. The van der Waals surface area contributed by atoms with Crippen molar-refractivity contribution in [3.05, 3.63) is 70.5 Å². The molecule has 0 saturated carbocycles. The van der Waals surface area contributed by atoms with E-state index in [9.17, 15) is 14.0 Å². The van der Waals surface area contributed by atoms with Crippen molar-refractivity contribution in [2.24, 2.45) is 0 Å². The maximum absolute atomic E-state index is 14.1. The Morgan fingerprint density at radius 3 is 2.21 bits per heavy atom. The van der Waals surface area contributed by atoms with Gasteiger partial charge in [0.2, 0.25) is 0 Å². The van der Waals surface area contributed by atoms with Crippen LogP contribution in [-0.4, -0.2) is 22.4 Å². The molecule has 24 heavy (non-hydrogen) atoms. The lowest BCUT2D eigenvalue weighted by atomic mass is 10.1. The highest BCUT2D eigenvalue weighted by atomic mass is 35.5. The summed E-state index contributed by atoms with van der Waals surface area (Å²) in [4.78, 5) is 25.2. The smallest absolute Gasteiger partial charge is 0.267 e. The summed E-state index contributed by atoms with van der Waals surface area (Å²) < 4.78 is 14.1. The summed E-state index contributed by atoms with van der Waals surface area (Å²) in [5, 5.41) is 1.08. The third-order valence-corrected chi connectivity index (χ3v) is 3.61. The van der Waals surface area contributed by atoms with Gasteiger partial charge in [0.05, 0.1) is 16.1 Å². The van der Waals surface area contributed by atoms with Gasteiger partial charge in [-0.15, -0.1) is 0 Å². The van der Waals surface area contributed by atoms with Gasteiger partial charge in [0.1, 0.15) is 5.82 Å². The SMILES string of the molecule is CC(C)(C)N(NC(=O)c1ccccc1)C(=O)c1c(F)cccc1Cl. The van der Waals surface area contributed by atoms with E-state index < -0.39 is 23.2 Å². The fourth-order valence-electron chi connectivity index (χ4n) is 2.09. The van der Waals surface area contributed by atoms with Crippen LogP contribution in [0.25, 0.3) is 0 Å². The van der Waals surface area contributed by atoms with Gasteiger partial charge in [-0.2, -0.15) is 0 Å². The fraction of sp³-hybridized carbons (Fsp3) is 0.222. The van der Waals surface area contributed by atoms with Crippen LogP contribution < -0.4 is 5.43 Å². The normalized spacial score (nSPS) is 11.0. The van der Waals surface area contributed by atoms with Crippen LogP contribution >= 0.6 is 11.6 Å². The molecule has 0 bridgehead atoms. The standard InChI is InChI=1S/C18H18ClFN2O2/c1-18(2,3)22(21-16(23)12-8-5-4-6-9-12)17(24)15-13(19)10-7-11-14(15)20/h4-11H,1-3H3,(H,21,23). The van der Waals surface area contributed by atoms with E-state index >= 15 is 0 Å². The van der Waals surface area contributed by atoms with Gasteiger partial charge >= 0.3 is 0 Å². The van der Waals surface area contributed by atoms with Gasteiger partial charge < -0.3 is 0 Å². The second kappa shape index (κ2) is 7.01. The van der Waals surface area contributed by atoms with E-state index in [4.69, 9.17) is 11.6 Å². The van der Waals surface area contributed by atoms with Gasteiger partial charge in [-0.05, 0) is 45.0 Å². The molecule has 0 aliphatic heterocycles. The molecule has 0 saturated heterocycles. The number of rotatable bonds is 2. The number of nitrogens with zero attached hydrogens (tertiary/aromatic N) is 1. The number of hydrazine groups is 1. The van der Waals surface area contributed by atoms with E-state index in [0.29, 0.717) is 5.56 Å². The lowest BCUT2D eigenvalue weighted by Crippen LogP contribution is -2.56. The quantitative estimate of drug-likeness (QED) is 0.832. The van der Waals surface area contributed by atoms with E-state index in [1.165, 1.54) is 12.1 Å². The monoisotopic (exact) mass is 348 g/mol. The van der Waals surface area contributed by atoms with Crippen molar-refractivity contribution in [3.63, 3.8) is 0 Å². The second-order valence-electron chi connectivity index (χ2n) is 6.21. The third kappa shape index (κ3) is 3.92. The minimum Gasteiger partial charge on any atom is -0.267 e. The zero-order chi connectivity index (χ0) is 17.9. The first-order valence-electron chi connectivity index (χ1n) is 7.36. The molecule has 2 rings (SSSR count). The Hall–Kier alpha value is -2.40. The van der Waals surface area contributed by atoms with Crippen molar-refractivity contribution in [3.8, 4) is 0 Å². The maximum atomic E-state index is 14.1. The molecule has 0 spiro atoms. The van der Waals surface area contributed by atoms with E-state index in [-0.39, 0.29) is 10.6 Å². The first-order chi connectivity index (χ1) is 11.2. The van der Waals surface area contributed by atoms with Crippen LogP contribution in [0.5, 0.6) is 0 Å². The summed E-state index contributed by atoms with van der Waals surface area (Å²) in [6.07, 6.45) is 0. The zero-order valence-corrected chi connectivity index (χ0v) is 14.4. The Morgan fingerprint density at radius 1 is 1.04 bits per heavy atom. The molecule has 0 fully saturated rings. The van der Waals surface area contributed by atoms with Gasteiger partial charge in [0, 0.05) is 5.56 Å². The van der Waals surface area contributed by atoms with Crippen LogP contribution in [0.2, 0.25) is 5.02 Å². The van der Waals surface area contributed by atoms with Crippen LogP contribution in [0.15, 0.2) is 48.5 Å². The Bertz CT molecular complexity index is 737. The summed E-state index contributed by atoms with van der Waals surface area (Å²) in [7, 11) is 0. The van der Waals surface area contributed by atoms with Gasteiger partial charge in [-0.1, -0.05) is 35.9 Å². The second-order valence-corrected chi connectivity index (χ2v) is 6.62. The fourth-order valence-corrected chi connectivity index (χ4v) is 2.34. The molecular weight excluding hydrogens is 331 g/mol. The predicted molar refractivity (Wildman–Crippen MR) is 91.2 cm³/mol. The maximum Gasteiger partial charge on any atom is 0.277 e. The summed E-state index contributed by atoms with van der Waals surface area (Å²) in [5.41, 5.74) is 1.87. The van der Waals surface area contributed by atoms with Crippen LogP contribution in [0, 0.1) is 5.82 Å². The van der Waals surface area contributed by atoms with Crippen molar-refractivity contribution in [2.75, 3.05) is 0 Å². The molecule has 0 heterocycles. The van der Waals surface area contributed by atoms with Crippen molar-refractivity contribution < 1.29 is 14.0 Å². The number of carbonyl (C=O) groups excluding carboxylic acids is 2. The topological polar surface area (TPSA) is 49.4 Å². The van der Waals surface area contributed by atoms with Gasteiger partial charge in [0.15, 0.2) is 0 Å². The van der Waals surface area contributed by atoms with Gasteiger partial charge in [-0.3, -0.25) is 15.0 Å². The Morgan fingerprint density at radius 2 is 1.67 bits per heavy atom. The number of carbonyl (C=O) groups is 2. The minimum absolute atomic E-state index is 0.0109. The number of amides is 2. The molecule has 0 aliphatic carbocycles. The van der Waals surface area contributed by atoms with E-state index in [1.807, 2.05) is 0 Å². The summed E-state index contributed by atoms with van der Waals surface area (Å²) in [5.74, 6) is -1.92. The number of hydrogen-bond donors (Lipinski definition) is 1. The highest BCUT2D eigenvalue weighted by Gasteiger charge is 2.32. The molecule has 2 amide bonds. The van der Waals surface area contributed by atoms with E-state index in [0.717, 1.165) is 11.1 Å². The molecule has 2 aromatic carbocycles. The number of benzene rings is 2. The zero-order valence-electron chi connectivity index (χ0n) is 13.6.